The van der Waals surface area contributed by atoms with Gasteiger partial charge in [-0.25, -0.2) is 0 Å². The van der Waals surface area contributed by atoms with Gasteiger partial charge < -0.3 is 14.6 Å². The number of para-hydroxylation sites is 1. The number of hydrazine groups is 1. The molecule has 2 heterocycles. The molecule has 4 aromatic carbocycles. The third-order valence-electron chi connectivity index (χ3n) is 11.1. The second-order valence-corrected chi connectivity index (χ2v) is 14.3. The number of anilines is 2. The summed E-state index contributed by atoms with van der Waals surface area (Å²) in [6.07, 6.45) is 2.25. The highest BCUT2D eigenvalue weighted by Gasteiger charge is 2.70. The Bertz CT molecular complexity index is 2180. The molecule has 0 radical (unpaired) electrons. The lowest BCUT2D eigenvalue weighted by Crippen LogP contribution is -2.53. The number of amides is 4. The lowest BCUT2D eigenvalue weighted by molar-refractivity contribution is -0.138. The van der Waals surface area contributed by atoms with Gasteiger partial charge in [-0.05, 0) is 85.0 Å². The van der Waals surface area contributed by atoms with Crippen molar-refractivity contribution in [1.29, 1.82) is 0 Å². The van der Waals surface area contributed by atoms with E-state index in [9.17, 15) is 19.5 Å². The molecule has 1 saturated carbocycles. The minimum absolute atomic E-state index is 0.0824. The third kappa shape index (κ3) is 4.92. The fourth-order valence-electron chi connectivity index (χ4n) is 8.91. The van der Waals surface area contributed by atoms with Crippen LogP contribution in [-0.4, -0.2) is 48.0 Å². The van der Waals surface area contributed by atoms with Crippen LogP contribution in [0.5, 0.6) is 17.2 Å². The fourth-order valence-corrected chi connectivity index (χ4v) is 9.36. The summed E-state index contributed by atoms with van der Waals surface area (Å²) in [5.74, 6) is -5.02. The summed E-state index contributed by atoms with van der Waals surface area (Å²) in [4.78, 5) is 59.9. The lowest BCUT2D eigenvalue weighted by Gasteiger charge is -2.50. The standard InChI is InChI=1S/C40H33Cl2N3O7/c1-51-24-11-8-21(9-12-24)40-30(37(48)45(39(40)50)43-32-16-10-22(41)18-31(32)42)20-28-26(35(40)29-19-25(52-2)13-17-33(29)46)14-15-27-34(28)38(49)44(36(27)47)23-6-4-3-5-7-23/h3-14,16-19,27-28,30,34-35,43,46H,15,20H2,1-2H3/t27-,28+,30-,34-,35+,40+/m0/s1. The SMILES string of the molecule is COc1ccc([C@@]23C(=O)N(Nc4ccc(Cl)cc4Cl)C(=O)[C@@H]2C[C@@H]2C(=CC[C@@H]4C(=O)N(c5ccccc5)C(=O)[C@@H]42)[C@@H]3c2cc(OC)ccc2O)cc1. The number of nitrogens with one attached hydrogen (secondary N) is 1. The number of carbonyl (C=O) groups is 4. The second-order valence-electron chi connectivity index (χ2n) is 13.5. The first-order valence-electron chi connectivity index (χ1n) is 16.8. The van der Waals surface area contributed by atoms with Crippen LogP contribution in [0.25, 0.3) is 0 Å². The Morgan fingerprint density at radius 1 is 0.808 bits per heavy atom. The topological polar surface area (TPSA) is 125 Å². The zero-order chi connectivity index (χ0) is 36.5. The number of aromatic hydroxyl groups is 1. The molecule has 0 aromatic heterocycles. The molecule has 10 nitrogen and oxygen atoms in total. The summed E-state index contributed by atoms with van der Waals surface area (Å²) in [5.41, 5.74) is 3.65. The van der Waals surface area contributed by atoms with E-state index in [1.54, 1.807) is 72.8 Å². The van der Waals surface area contributed by atoms with E-state index in [0.717, 1.165) is 5.01 Å². The number of methoxy groups -OCH3 is 2. The second kappa shape index (κ2) is 12.7. The van der Waals surface area contributed by atoms with E-state index in [1.807, 2.05) is 12.1 Å². The molecule has 0 unspecified atom stereocenters. The van der Waals surface area contributed by atoms with Gasteiger partial charge in [0.25, 0.3) is 11.8 Å². The number of benzene rings is 4. The van der Waals surface area contributed by atoms with Gasteiger partial charge in [-0.3, -0.25) is 29.5 Å². The van der Waals surface area contributed by atoms with Gasteiger partial charge in [-0.1, -0.05) is 65.2 Å². The van der Waals surface area contributed by atoms with E-state index in [2.05, 4.69) is 5.43 Å². The molecule has 12 heteroatoms. The zero-order valence-corrected chi connectivity index (χ0v) is 29.6. The van der Waals surface area contributed by atoms with Crippen molar-refractivity contribution < 1.29 is 33.8 Å². The fraction of sp³-hybridized carbons (Fsp3) is 0.250. The number of rotatable bonds is 7. The zero-order valence-electron chi connectivity index (χ0n) is 28.1. The number of phenolic OH excluding ortho intramolecular Hbond substituents is 1. The number of hydrogen-bond donors (Lipinski definition) is 2. The van der Waals surface area contributed by atoms with E-state index in [1.165, 1.54) is 31.3 Å². The van der Waals surface area contributed by atoms with Gasteiger partial charge in [-0.2, -0.15) is 5.01 Å². The predicted octanol–water partition coefficient (Wildman–Crippen LogP) is 6.91. The minimum Gasteiger partial charge on any atom is -0.508 e. The van der Waals surface area contributed by atoms with Crippen LogP contribution in [-0.2, 0) is 24.6 Å². The van der Waals surface area contributed by atoms with Gasteiger partial charge >= 0.3 is 0 Å². The smallest absolute Gasteiger partial charge is 0.260 e. The first-order chi connectivity index (χ1) is 25.1. The monoisotopic (exact) mass is 737 g/mol. The molecule has 264 valence electrons. The van der Waals surface area contributed by atoms with Crippen LogP contribution in [0.4, 0.5) is 11.4 Å². The van der Waals surface area contributed by atoms with Crippen LogP contribution in [0, 0.1) is 23.7 Å². The Morgan fingerprint density at radius 2 is 1.52 bits per heavy atom. The average molecular weight is 739 g/mol. The van der Waals surface area contributed by atoms with Crippen LogP contribution in [0.3, 0.4) is 0 Å². The van der Waals surface area contributed by atoms with Crippen molar-refractivity contribution >= 4 is 58.2 Å². The Kier molecular flexibility index (Phi) is 8.27. The molecule has 2 aliphatic carbocycles. The minimum atomic E-state index is -1.63. The normalized spacial score (nSPS) is 26.5. The van der Waals surface area contributed by atoms with E-state index in [4.69, 9.17) is 32.7 Å². The van der Waals surface area contributed by atoms with Crippen molar-refractivity contribution in [3.05, 3.63) is 124 Å². The highest BCUT2D eigenvalue weighted by atomic mass is 35.5. The summed E-state index contributed by atoms with van der Waals surface area (Å²) in [6.45, 7) is 0. The largest absolute Gasteiger partial charge is 0.508 e. The molecule has 2 saturated heterocycles. The van der Waals surface area contributed by atoms with Crippen LogP contribution < -0.4 is 19.8 Å². The molecule has 2 aliphatic heterocycles. The number of imide groups is 2. The molecule has 6 atom stereocenters. The molecule has 2 N–H and O–H groups in total. The predicted molar refractivity (Wildman–Crippen MR) is 194 cm³/mol. The van der Waals surface area contributed by atoms with E-state index in [0.29, 0.717) is 38.9 Å². The summed E-state index contributed by atoms with van der Waals surface area (Å²) in [7, 11) is 3.03. The Hall–Kier alpha value is -5.32. The van der Waals surface area contributed by atoms with Crippen molar-refractivity contribution in [1.82, 2.24) is 5.01 Å². The Morgan fingerprint density at radius 3 is 2.21 bits per heavy atom. The Labute approximate surface area is 309 Å². The molecule has 0 spiro atoms. The van der Waals surface area contributed by atoms with Gasteiger partial charge in [0.1, 0.15) is 17.2 Å². The average Bonchev–Trinajstić information content (AvgIpc) is 3.54. The van der Waals surface area contributed by atoms with Crippen LogP contribution in [0.2, 0.25) is 10.0 Å². The quantitative estimate of drug-likeness (QED) is 0.155. The highest BCUT2D eigenvalue weighted by Crippen LogP contribution is 2.65. The molecule has 4 aromatic rings. The number of fused-ring (bicyclic) bond motifs is 4. The number of nitrogens with zero attached hydrogens (tertiary/aromatic N) is 2. The summed E-state index contributed by atoms with van der Waals surface area (Å²) in [5, 5.41) is 13.2. The number of phenols is 1. The van der Waals surface area contributed by atoms with Crippen LogP contribution in [0.15, 0.2) is 103 Å². The maximum absolute atomic E-state index is 15.4. The first kappa shape index (κ1) is 33.8. The summed E-state index contributed by atoms with van der Waals surface area (Å²) in [6, 6.07) is 25.2. The third-order valence-corrected chi connectivity index (χ3v) is 11.7. The maximum Gasteiger partial charge on any atom is 0.260 e. The number of halogens is 2. The molecule has 3 fully saturated rings. The number of ether oxygens (including phenoxy) is 2. The van der Waals surface area contributed by atoms with Crippen LogP contribution >= 0.6 is 23.2 Å². The number of allylic oxidation sites excluding steroid dienone is 2. The van der Waals surface area contributed by atoms with Gasteiger partial charge in [0.05, 0.1) is 53.8 Å². The van der Waals surface area contributed by atoms with Gasteiger partial charge in [0, 0.05) is 16.5 Å². The van der Waals surface area contributed by atoms with Crippen molar-refractivity contribution in [3.8, 4) is 17.2 Å². The van der Waals surface area contributed by atoms with Gasteiger partial charge in [0.2, 0.25) is 11.8 Å². The van der Waals surface area contributed by atoms with Gasteiger partial charge in [-0.15, -0.1) is 0 Å². The summed E-state index contributed by atoms with van der Waals surface area (Å²) >= 11 is 12.7. The molecule has 52 heavy (non-hydrogen) atoms. The van der Waals surface area contributed by atoms with E-state index in [-0.39, 0.29) is 41.1 Å². The van der Waals surface area contributed by atoms with Crippen molar-refractivity contribution in [2.24, 2.45) is 23.7 Å². The van der Waals surface area contributed by atoms with Crippen molar-refractivity contribution in [2.45, 2.75) is 24.2 Å². The number of carbonyl (C=O) groups excluding carboxylic acids is 4. The van der Waals surface area contributed by atoms with Crippen molar-refractivity contribution in [3.63, 3.8) is 0 Å². The summed E-state index contributed by atoms with van der Waals surface area (Å²) < 4.78 is 11.1. The first-order valence-corrected chi connectivity index (χ1v) is 17.6. The van der Waals surface area contributed by atoms with Crippen LogP contribution in [0.1, 0.15) is 29.9 Å². The molecular formula is C40H33Cl2N3O7. The van der Waals surface area contributed by atoms with E-state index >= 15 is 4.79 Å². The molecule has 8 rings (SSSR count). The van der Waals surface area contributed by atoms with Gasteiger partial charge in [0.15, 0.2) is 0 Å². The molecular weight excluding hydrogens is 705 g/mol. The highest BCUT2D eigenvalue weighted by molar-refractivity contribution is 6.36. The van der Waals surface area contributed by atoms with Crippen molar-refractivity contribution in [2.75, 3.05) is 24.5 Å². The molecule has 4 amide bonds. The molecule has 0 bridgehead atoms. The lowest BCUT2D eigenvalue weighted by atomic mass is 9.49. The molecule has 4 aliphatic rings. The number of hydrogen-bond acceptors (Lipinski definition) is 8. The van der Waals surface area contributed by atoms with E-state index < -0.39 is 46.8 Å². The maximum atomic E-state index is 15.4. The Balaban J connectivity index is 1.35.